The van der Waals surface area contributed by atoms with Gasteiger partial charge < -0.3 is 10.2 Å². The molecule has 20 heavy (non-hydrogen) atoms. The summed E-state index contributed by atoms with van der Waals surface area (Å²) in [5.74, 6) is 1.06. The van der Waals surface area contributed by atoms with Gasteiger partial charge >= 0.3 is 0 Å². The lowest BCUT2D eigenvalue weighted by Crippen LogP contribution is -2.46. The fourth-order valence-corrected chi connectivity index (χ4v) is 5.37. The van der Waals surface area contributed by atoms with Gasteiger partial charge in [0.25, 0.3) is 0 Å². The zero-order valence-electron chi connectivity index (χ0n) is 13.0. The van der Waals surface area contributed by atoms with Crippen LogP contribution in [0.25, 0.3) is 0 Å². The van der Waals surface area contributed by atoms with Gasteiger partial charge in [-0.2, -0.15) is 0 Å². The Labute approximate surface area is 124 Å². The first-order valence-corrected chi connectivity index (χ1v) is 9.91. The van der Waals surface area contributed by atoms with E-state index in [2.05, 4.69) is 24.1 Å². The predicted molar refractivity (Wildman–Crippen MR) is 83.7 cm³/mol. The Morgan fingerprint density at radius 2 is 2.10 bits per heavy atom. The molecule has 2 aliphatic rings. The van der Waals surface area contributed by atoms with E-state index in [1.54, 1.807) is 0 Å². The SMILES string of the molecule is CCCN1CCCC(C(C)NCC2CCCS2(=O)=O)C1. The van der Waals surface area contributed by atoms with E-state index in [1.807, 2.05) is 0 Å². The Balaban J connectivity index is 1.78. The summed E-state index contributed by atoms with van der Waals surface area (Å²) in [6.07, 6.45) is 5.45. The van der Waals surface area contributed by atoms with Gasteiger partial charge in [0.2, 0.25) is 0 Å². The maximum absolute atomic E-state index is 11.8. The molecule has 0 aliphatic carbocycles. The molecule has 4 nitrogen and oxygen atoms in total. The number of piperidine rings is 1. The lowest BCUT2D eigenvalue weighted by atomic mass is 9.91. The normalized spacial score (nSPS) is 32.3. The van der Waals surface area contributed by atoms with Crippen molar-refractivity contribution in [3.8, 4) is 0 Å². The monoisotopic (exact) mass is 302 g/mol. The highest BCUT2D eigenvalue weighted by Gasteiger charge is 2.32. The molecule has 0 aromatic carbocycles. The van der Waals surface area contributed by atoms with Crippen molar-refractivity contribution < 1.29 is 8.42 Å². The van der Waals surface area contributed by atoms with Gasteiger partial charge in [-0.15, -0.1) is 0 Å². The van der Waals surface area contributed by atoms with Crippen LogP contribution in [-0.2, 0) is 9.84 Å². The quantitative estimate of drug-likeness (QED) is 0.811. The highest BCUT2D eigenvalue weighted by Crippen LogP contribution is 2.22. The highest BCUT2D eigenvalue weighted by molar-refractivity contribution is 7.92. The van der Waals surface area contributed by atoms with Gasteiger partial charge in [-0.05, 0) is 58.0 Å². The van der Waals surface area contributed by atoms with Gasteiger partial charge in [-0.3, -0.25) is 0 Å². The second-order valence-corrected chi connectivity index (χ2v) is 8.93. The van der Waals surface area contributed by atoms with Gasteiger partial charge in [0.05, 0.1) is 11.0 Å². The first-order valence-electron chi connectivity index (χ1n) is 8.20. The molecule has 0 amide bonds. The van der Waals surface area contributed by atoms with Crippen LogP contribution in [0.3, 0.4) is 0 Å². The van der Waals surface area contributed by atoms with Gasteiger partial charge in [0.15, 0.2) is 9.84 Å². The molecule has 5 heteroatoms. The standard InChI is InChI=1S/C15H30N2O2S/c1-3-8-17-9-4-6-14(12-17)13(2)16-11-15-7-5-10-20(15,18)19/h13-16H,3-12H2,1-2H3. The van der Waals surface area contributed by atoms with Gasteiger partial charge in [-0.1, -0.05) is 6.92 Å². The third kappa shape index (κ3) is 4.18. The average Bonchev–Trinajstić information content (AvgIpc) is 2.76. The van der Waals surface area contributed by atoms with Crippen LogP contribution >= 0.6 is 0 Å². The molecule has 2 fully saturated rings. The Hall–Kier alpha value is -0.130. The van der Waals surface area contributed by atoms with E-state index < -0.39 is 9.84 Å². The zero-order valence-corrected chi connectivity index (χ0v) is 13.8. The molecular formula is C15H30N2O2S. The molecule has 0 aromatic rings. The average molecular weight is 302 g/mol. The Morgan fingerprint density at radius 1 is 1.30 bits per heavy atom. The Morgan fingerprint density at radius 3 is 2.75 bits per heavy atom. The summed E-state index contributed by atoms with van der Waals surface area (Å²) in [5, 5.41) is 3.37. The maximum atomic E-state index is 11.8. The molecule has 0 bridgehead atoms. The summed E-state index contributed by atoms with van der Waals surface area (Å²) in [7, 11) is -2.81. The molecule has 0 spiro atoms. The predicted octanol–water partition coefficient (Wildman–Crippen LogP) is 1.66. The maximum Gasteiger partial charge on any atom is 0.154 e. The molecule has 3 unspecified atom stereocenters. The lowest BCUT2D eigenvalue weighted by Gasteiger charge is -2.36. The second-order valence-electron chi connectivity index (χ2n) is 6.53. The number of nitrogens with one attached hydrogen (secondary N) is 1. The minimum atomic E-state index is -2.81. The summed E-state index contributed by atoms with van der Waals surface area (Å²) < 4.78 is 23.7. The molecule has 2 saturated heterocycles. The van der Waals surface area contributed by atoms with Crippen molar-refractivity contribution in [2.75, 3.05) is 31.9 Å². The number of hydrogen-bond acceptors (Lipinski definition) is 4. The van der Waals surface area contributed by atoms with E-state index in [0.717, 1.165) is 12.8 Å². The van der Waals surface area contributed by atoms with Crippen LogP contribution in [-0.4, -0.2) is 56.5 Å². The van der Waals surface area contributed by atoms with Crippen LogP contribution in [0.4, 0.5) is 0 Å². The molecular weight excluding hydrogens is 272 g/mol. The third-order valence-corrected chi connectivity index (χ3v) is 7.20. The van der Waals surface area contributed by atoms with Crippen molar-refractivity contribution in [2.24, 2.45) is 5.92 Å². The number of nitrogens with zero attached hydrogens (tertiary/aromatic N) is 1. The zero-order chi connectivity index (χ0) is 14.6. The fraction of sp³-hybridized carbons (Fsp3) is 1.00. The van der Waals surface area contributed by atoms with E-state index in [-0.39, 0.29) is 5.25 Å². The van der Waals surface area contributed by atoms with Crippen molar-refractivity contribution in [1.29, 1.82) is 0 Å². The summed E-state index contributed by atoms with van der Waals surface area (Å²) in [5.41, 5.74) is 0. The molecule has 0 aromatic heterocycles. The number of rotatable bonds is 6. The molecule has 118 valence electrons. The Kier molecular flexibility index (Phi) is 5.87. The van der Waals surface area contributed by atoms with Crippen molar-refractivity contribution in [3.05, 3.63) is 0 Å². The van der Waals surface area contributed by atoms with Crippen molar-refractivity contribution in [1.82, 2.24) is 10.2 Å². The molecule has 3 atom stereocenters. The van der Waals surface area contributed by atoms with E-state index >= 15 is 0 Å². The van der Waals surface area contributed by atoms with Crippen molar-refractivity contribution >= 4 is 9.84 Å². The number of hydrogen-bond donors (Lipinski definition) is 1. The molecule has 0 saturated carbocycles. The molecule has 2 rings (SSSR count). The van der Waals surface area contributed by atoms with E-state index in [4.69, 9.17) is 0 Å². The number of likely N-dealkylation sites (tertiary alicyclic amines) is 1. The van der Waals surface area contributed by atoms with Crippen molar-refractivity contribution in [3.63, 3.8) is 0 Å². The minimum absolute atomic E-state index is 0.139. The summed E-state index contributed by atoms with van der Waals surface area (Å²) in [4.78, 5) is 2.55. The first kappa shape index (κ1) is 16.2. The van der Waals surface area contributed by atoms with Crippen LogP contribution < -0.4 is 5.32 Å². The Bertz CT molecular complexity index is 395. The molecule has 2 heterocycles. The van der Waals surface area contributed by atoms with E-state index in [9.17, 15) is 8.42 Å². The smallest absolute Gasteiger partial charge is 0.154 e. The van der Waals surface area contributed by atoms with E-state index in [1.165, 1.54) is 38.9 Å². The van der Waals surface area contributed by atoms with Crippen molar-refractivity contribution in [2.45, 2.75) is 57.2 Å². The summed E-state index contributed by atoms with van der Waals surface area (Å²) >= 11 is 0. The van der Waals surface area contributed by atoms with Gasteiger partial charge in [0.1, 0.15) is 0 Å². The topological polar surface area (TPSA) is 49.4 Å². The highest BCUT2D eigenvalue weighted by atomic mass is 32.2. The van der Waals surface area contributed by atoms with Crippen LogP contribution in [0.5, 0.6) is 0 Å². The van der Waals surface area contributed by atoms with Gasteiger partial charge in [0, 0.05) is 19.1 Å². The third-order valence-electron chi connectivity index (χ3n) is 4.92. The van der Waals surface area contributed by atoms with Crippen LogP contribution in [0, 0.1) is 5.92 Å². The van der Waals surface area contributed by atoms with Crippen LogP contribution in [0.15, 0.2) is 0 Å². The molecule has 1 N–H and O–H groups in total. The van der Waals surface area contributed by atoms with Crippen LogP contribution in [0.2, 0.25) is 0 Å². The van der Waals surface area contributed by atoms with Crippen LogP contribution in [0.1, 0.15) is 46.0 Å². The molecule has 2 aliphatic heterocycles. The lowest BCUT2D eigenvalue weighted by molar-refractivity contribution is 0.151. The summed E-state index contributed by atoms with van der Waals surface area (Å²) in [6.45, 7) is 8.69. The second kappa shape index (κ2) is 7.23. The largest absolute Gasteiger partial charge is 0.313 e. The first-order chi connectivity index (χ1) is 9.53. The number of sulfone groups is 1. The van der Waals surface area contributed by atoms with E-state index in [0.29, 0.717) is 24.3 Å². The minimum Gasteiger partial charge on any atom is -0.313 e. The fourth-order valence-electron chi connectivity index (χ4n) is 3.59. The van der Waals surface area contributed by atoms with Gasteiger partial charge in [-0.25, -0.2) is 8.42 Å². The summed E-state index contributed by atoms with van der Waals surface area (Å²) in [6, 6.07) is 0.422. The molecule has 0 radical (unpaired) electrons.